The molecule has 146 valence electrons. The number of aromatic nitrogens is 5. The molecule has 0 bridgehead atoms. The van der Waals surface area contributed by atoms with Crippen LogP contribution in [0.5, 0.6) is 0 Å². The van der Waals surface area contributed by atoms with E-state index in [0.29, 0.717) is 18.7 Å². The normalized spacial score (nSPS) is 11.8. The lowest BCUT2D eigenvalue weighted by atomic mass is 10.0. The zero-order valence-electron chi connectivity index (χ0n) is 15.9. The molecule has 1 atom stereocenters. The standard InChI is InChI=1S/C19H23N7O2/c1-24(2)16-10-19(28)26(21-11-16)12-18(27)23-17(15-6-4-3-5-7-15)8-9-25-14-20-13-22-25/h3-7,10-11,13-14,17H,8-9,12H2,1-2H3,(H,23,27)/t17-/m0/s1. The van der Waals surface area contributed by atoms with E-state index in [0.717, 1.165) is 10.2 Å². The van der Waals surface area contributed by atoms with Crippen molar-refractivity contribution in [3.8, 4) is 0 Å². The molecule has 0 aliphatic heterocycles. The number of anilines is 1. The highest BCUT2D eigenvalue weighted by atomic mass is 16.2. The second kappa shape index (κ2) is 8.94. The Morgan fingerprint density at radius 3 is 2.64 bits per heavy atom. The number of hydrogen-bond donors (Lipinski definition) is 1. The summed E-state index contributed by atoms with van der Waals surface area (Å²) in [5, 5.41) is 11.2. The van der Waals surface area contributed by atoms with Crippen molar-refractivity contribution < 1.29 is 4.79 Å². The predicted octanol–water partition coefficient (Wildman–Crippen LogP) is 0.849. The van der Waals surface area contributed by atoms with Gasteiger partial charge in [0.2, 0.25) is 5.91 Å². The van der Waals surface area contributed by atoms with E-state index in [1.54, 1.807) is 22.1 Å². The summed E-state index contributed by atoms with van der Waals surface area (Å²) >= 11 is 0. The van der Waals surface area contributed by atoms with Gasteiger partial charge in [-0.25, -0.2) is 9.67 Å². The molecule has 1 N–H and O–H groups in total. The first kappa shape index (κ1) is 19.3. The molecule has 1 aromatic carbocycles. The van der Waals surface area contributed by atoms with Gasteiger partial charge in [-0.05, 0) is 12.0 Å². The third-order valence-electron chi connectivity index (χ3n) is 4.32. The Bertz CT molecular complexity index is 952. The topological polar surface area (TPSA) is 97.9 Å². The number of aryl methyl sites for hydroxylation is 1. The predicted molar refractivity (Wildman–Crippen MR) is 105 cm³/mol. The maximum Gasteiger partial charge on any atom is 0.269 e. The first-order valence-electron chi connectivity index (χ1n) is 8.94. The molecule has 0 unspecified atom stereocenters. The third-order valence-corrected chi connectivity index (χ3v) is 4.32. The first-order chi connectivity index (χ1) is 13.5. The number of benzene rings is 1. The molecule has 28 heavy (non-hydrogen) atoms. The highest BCUT2D eigenvalue weighted by Gasteiger charge is 2.16. The second-order valence-electron chi connectivity index (χ2n) is 6.58. The Kier molecular flexibility index (Phi) is 6.15. The zero-order chi connectivity index (χ0) is 19.9. The largest absolute Gasteiger partial charge is 0.376 e. The van der Waals surface area contributed by atoms with Gasteiger partial charge < -0.3 is 10.2 Å². The van der Waals surface area contributed by atoms with Gasteiger partial charge in [-0.1, -0.05) is 30.3 Å². The van der Waals surface area contributed by atoms with E-state index in [9.17, 15) is 9.59 Å². The van der Waals surface area contributed by atoms with Gasteiger partial charge in [0.05, 0.1) is 17.9 Å². The van der Waals surface area contributed by atoms with Crippen molar-refractivity contribution in [1.29, 1.82) is 0 Å². The SMILES string of the molecule is CN(C)c1cnn(CC(=O)N[C@@H](CCn2cncn2)c2ccccc2)c(=O)c1. The summed E-state index contributed by atoms with van der Waals surface area (Å²) in [7, 11) is 3.65. The lowest BCUT2D eigenvalue weighted by molar-refractivity contribution is -0.122. The summed E-state index contributed by atoms with van der Waals surface area (Å²) in [6.07, 6.45) is 5.32. The summed E-state index contributed by atoms with van der Waals surface area (Å²) < 4.78 is 2.87. The van der Waals surface area contributed by atoms with Gasteiger partial charge in [-0.3, -0.25) is 14.3 Å². The van der Waals surface area contributed by atoms with Crippen LogP contribution in [-0.4, -0.2) is 44.5 Å². The highest BCUT2D eigenvalue weighted by molar-refractivity contribution is 5.76. The fraction of sp³-hybridized carbons (Fsp3) is 0.316. The van der Waals surface area contributed by atoms with E-state index in [1.807, 2.05) is 44.4 Å². The summed E-state index contributed by atoms with van der Waals surface area (Å²) in [4.78, 5) is 30.5. The number of nitrogens with zero attached hydrogens (tertiary/aromatic N) is 6. The lowest BCUT2D eigenvalue weighted by Gasteiger charge is -2.19. The van der Waals surface area contributed by atoms with Crippen LogP contribution in [0.4, 0.5) is 5.69 Å². The van der Waals surface area contributed by atoms with Gasteiger partial charge in [-0.15, -0.1) is 0 Å². The van der Waals surface area contributed by atoms with E-state index in [4.69, 9.17) is 0 Å². The molecule has 0 saturated carbocycles. The molecule has 9 nitrogen and oxygen atoms in total. The van der Waals surface area contributed by atoms with Crippen molar-refractivity contribution in [1.82, 2.24) is 29.9 Å². The Morgan fingerprint density at radius 2 is 2.00 bits per heavy atom. The van der Waals surface area contributed by atoms with Crippen LogP contribution in [0, 0.1) is 0 Å². The van der Waals surface area contributed by atoms with Gasteiger partial charge >= 0.3 is 0 Å². The molecule has 0 aliphatic carbocycles. The maximum absolute atomic E-state index is 12.6. The van der Waals surface area contributed by atoms with Crippen LogP contribution in [0.2, 0.25) is 0 Å². The van der Waals surface area contributed by atoms with Crippen LogP contribution in [-0.2, 0) is 17.9 Å². The van der Waals surface area contributed by atoms with Gasteiger partial charge in [0.25, 0.3) is 5.56 Å². The number of hydrogen-bond acceptors (Lipinski definition) is 6. The van der Waals surface area contributed by atoms with Crippen LogP contribution in [0.15, 0.2) is 60.0 Å². The quantitative estimate of drug-likeness (QED) is 0.621. The summed E-state index contributed by atoms with van der Waals surface area (Å²) in [6.45, 7) is 0.467. The van der Waals surface area contributed by atoms with Gasteiger partial charge in [0.1, 0.15) is 19.2 Å². The molecule has 0 radical (unpaired) electrons. The summed E-state index contributed by atoms with van der Waals surface area (Å²) in [5.74, 6) is -0.278. The molecular weight excluding hydrogens is 358 g/mol. The van der Waals surface area contributed by atoms with Crippen LogP contribution in [0.3, 0.4) is 0 Å². The minimum atomic E-state index is -0.319. The molecule has 9 heteroatoms. The molecule has 2 heterocycles. The smallest absolute Gasteiger partial charge is 0.269 e. The molecule has 1 amide bonds. The van der Waals surface area contributed by atoms with Crippen LogP contribution < -0.4 is 15.8 Å². The molecule has 0 aliphatic rings. The number of nitrogens with one attached hydrogen (secondary N) is 1. The lowest BCUT2D eigenvalue weighted by Crippen LogP contribution is -2.36. The van der Waals surface area contributed by atoms with Crippen LogP contribution in [0.25, 0.3) is 0 Å². The minimum Gasteiger partial charge on any atom is -0.376 e. The van der Waals surface area contributed by atoms with E-state index >= 15 is 0 Å². The maximum atomic E-state index is 12.6. The van der Waals surface area contributed by atoms with Gasteiger partial charge in [-0.2, -0.15) is 10.2 Å². The molecular formula is C19H23N7O2. The van der Waals surface area contributed by atoms with Gasteiger partial charge in [0.15, 0.2) is 0 Å². The van der Waals surface area contributed by atoms with E-state index in [1.165, 1.54) is 12.4 Å². The third kappa shape index (κ3) is 5.03. The number of carbonyl (C=O) groups is 1. The average Bonchev–Trinajstić information content (AvgIpc) is 3.21. The Hall–Kier alpha value is -3.49. The molecule has 0 spiro atoms. The highest BCUT2D eigenvalue weighted by Crippen LogP contribution is 2.17. The van der Waals surface area contributed by atoms with Crippen molar-refractivity contribution in [2.24, 2.45) is 0 Å². The van der Waals surface area contributed by atoms with Crippen LogP contribution >= 0.6 is 0 Å². The van der Waals surface area contributed by atoms with Crippen molar-refractivity contribution in [2.45, 2.75) is 25.6 Å². The number of rotatable bonds is 8. The second-order valence-corrected chi connectivity index (χ2v) is 6.58. The molecule has 0 fully saturated rings. The fourth-order valence-electron chi connectivity index (χ4n) is 2.78. The molecule has 3 rings (SSSR count). The first-order valence-corrected chi connectivity index (χ1v) is 8.94. The zero-order valence-corrected chi connectivity index (χ0v) is 15.9. The average molecular weight is 381 g/mol. The summed E-state index contributed by atoms with van der Waals surface area (Å²) in [6, 6.07) is 10.9. The monoisotopic (exact) mass is 381 g/mol. The fourth-order valence-corrected chi connectivity index (χ4v) is 2.78. The molecule has 2 aromatic heterocycles. The number of carbonyl (C=O) groups excluding carboxylic acids is 1. The van der Waals surface area contributed by atoms with E-state index in [-0.39, 0.29) is 24.1 Å². The van der Waals surface area contributed by atoms with Crippen molar-refractivity contribution in [2.75, 3.05) is 19.0 Å². The van der Waals surface area contributed by atoms with E-state index in [2.05, 4.69) is 20.5 Å². The summed E-state index contributed by atoms with van der Waals surface area (Å²) in [5.41, 5.74) is 1.36. The van der Waals surface area contributed by atoms with Crippen LogP contribution in [0.1, 0.15) is 18.0 Å². The number of amides is 1. The Labute approximate surface area is 162 Å². The van der Waals surface area contributed by atoms with Crippen molar-refractivity contribution >= 4 is 11.6 Å². The van der Waals surface area contributed by atoms with Crippen molar-refractivity contribution in [3.05, 3.63) is 71.2 Å². The van der Waals surface area contributed by atoms with Gasteiger partial charge in [0, 0.05) is 26.7 Å². The molecule has 0 saturated heterocycles. The Balaban J connectivity index is 1.69. The van der Waals surface area contributed by atoms with E-state index < -0.39 is 0 Å². The molecule has 3 aromatic rings. The van der Waals surface area contributed by atoms with Crippen molar-refractivity contribution in [3.63, 3.8) is 0 Å². The Morgan fingerprint density at radius 1 is 1.21 bits per heavy atom. The minimum absolute atomic E-state index is 0.140.